The molecule has 0 radical (unpaired) electrons. The topological polar surface area (TPSA) is 66.1 Å². The number of carbonyl (C=O) groups excluding carboxylic acids is 1. The van der Waals surface area contributed by atoms with Gasteiger partial charge in [-0.2, -0.15) is 0 Å². The molecule has 26 heavy (non-hydrogen) atoms. The predicted molar refractivity (Wildman–Crippen MR) is 99.6 cm³/mol. The number of benzene rings is 2. The van der Waals surface area contributed by atoms with Gasteiger partial charge in [0.25, 0.3) is 5.91 Å². The summed E-state index contributed by atoms with van der Waals surface area (Å²) in [6, 6.07) is 20.3. The van der Waals surface area contributed by atoms with E-state index in [4.69, 9.17) is 0 Å². The number of nitrogens with zero attached hydrogens (tertiary/aromatic N) is 1. The first-order chi connectivity index (χ1) is 12.8. The van der Waals surface area contributed by atoms with E-state index in [0.29, 0.717) is 0 Å². The Bertz CT molecular complexity index is 958. The van der Waals surface area contributed by atoms with Gasteiger partial charge in [-0.3, -0.25) is 15.2 Å². The second kappa shape index (κ2) is 5.97. The van der Waals surface area contributed by atoms with Gasteiger partial charge in [0, 0.05) is 35.1 Å². The number of anilines is 1. The van der Waals surface area contributed by atoms with E-state index in [1.807, 2.05) is 36.5 Å². The number of hydrogen-bond donors (Lipinski definition) is 3. The quantitative estimate of drug-likeness (QED) is 0.668. The summed E-state index contributed by atoms with van der Waals surface area (Å²) in [6.45, 7) is 0. The Morgan fingerprint density at radius 3 is 2.50 bits per heavy atom. The van der Waals surface area contributed by atoms with E-state index < -0.39 is 0 Å². The first kappa shape index (κ1) is 15.1. The third kappa shape index (κ3) is 2.29. The Morgan fingerprint density at radius 2 is 1.69 bits per heavy atom. The average Bonchev–Trinajstić information content (AvgIpc) is 2.71. The van der Waals surface area contributed by atoms with Gasteiger partial charge in [0.1, 0.15) is 0 Å². The van der Waals surface area contributed by atoms with Gasteiger partial charge in [0.05, 0.1) is 12.1 Å². The van der Waals surface area contributed by atoms with Gasteiger partial charge in [-0.05, 0) is 29.3 Å². The molecule has 5 rings (SSSR count). The van der Waals surface area contributed by atoms with Crippen LogP contribution in [0.4, 0.5) is 5.69 Å². The highest BCUT2D eigenvalue weighted by atomic mass is 16.2. The summed E-state index contributed by atoms with van der Waals surface area (Å²) in [7, 11) is 0. The zero-order valence-corrected chi connectivity index (χ0v) is 14.0. The van der Waals surface area contributed by atoms with E-state index in [9.17, 15) is 4.79 Å². The van der Waals surface area contributed by atoms with Gasteiger partial charge >= 0.3 is 0 Å². The lowest BCUT2D eigenvalue weighted by atomic mass is 9.74. The number of hydrogen-bond acceptors (Lipinski definition) is 4. The molecule has 0 aliphatic carbocycles. The van der Waals surface area contributed by atoms with Crippen molar-refractivity contribution in [3.8, 4) is 0 Å². The van der Waals surface area contributed by atoms with Crippen LogP contribution in [0.2, 0.25) is 0 Å². The summed E-state index contributed by atoms with van der Waals surface area (Å²) < 4.78 is 0. The van der Waals surface area contributed by atoms with Gasteiger partial charge < -0.3 is 5.32 Å². The van der Waals surface area contributed by atoms with E-state index in [1.165, 1.54) is 5.56 Å². The summed E-state index contributed by atoms with van der Waals surface area (Å²) >= 11 is 0. The van der Waals surface area contributed by atoms with Crippen molar-refractivity contribution in [3.05, 3.63) is 95.3 Å². The Kier molecular flexibility index (Phi) is 3.47. The molecule has 0 saturated carbocycles. The average molecular weight is 342 g/mol. The van der Waals surface area contributed by atoms with Crippen molar-refractivity contribution in [3.63, 3.8) is 0 Å². The van der Waals surface area contributed by atoms with E-state index >= 15 is 0 Å². The molecule has 2 aliphatic heterocycles. The molecule has 128 valence electrons. The highest BCUT2D eigenvalue weighted by Crippen LogP contribution is 2.50. The van der Waals surface area contributed by atoms with Gasteiger partial charge in [-0.15, -0.1) is 0 Å². The minimum Gasteiger partial charge on any atom is -0.377 e. The predicted octanol–water partition coefficient (Wildman–Crippen LogP) is 3.32. The Labute approximate surface area is 151 Å². The summed E-state index contributed by atoms with van der Waals surface area (Å²) in [5, 5.41) is 3.66. The number of rotatable bonds is 2. The molecule has 3 unspecified atom stereocenters. The van der Waals surface area contributed by atoms with E-state index in [0.717, 1.165) is 22.4 Å². The fourth-order valence-electron chi connectivity index (χ4n) is 4.14. The van der Waals surface area contributed by atoms with Crippen LogP contribution in [0.1, 0.15) is 45.0 Å². The number of pyridine rings is 1. The minimum absolute atomic E-state index is 0.0206. The van der Waals surface area contributed by atoms with Crippen LogP contribution in [-0.4, -0.2) is 10.9 Å². The number of carbonyl (C=O) groups is 1. The monoisotopic (exact) mass is 342 g/mol. The fraction of sp³-hybridized carbons (Fsp3) is 0.143. The summed E-state index contributed by atoms with van der Waals surface area (Å²) in [5.74, 6) is 0.0150. The molecule has 5 nitrogen and oxygen atoms in total. The van der Waals surface area contributed by atoms with Crippen LogP contribution >= 0.6 is 0 Å². The maximum absolute atomic E-state index is 12.3. The molecular weight excluding hydrogens is 324 g/mol. The molecule has 0 spiro atoms. The molecule has 5 heteroatoms. The maximum atomic E-state index is 12.3. The Balaban J connectivity index is 1.72. The molecule has 3 atom stereocenters. The molecule has 1 amide bonds. The standard InChI is InChI=1S/C21H18N4O/c26-21-15-9-4-10-16-18(15)20(24-25-21)17(13-6-2-1-3-7-13)19(23-16)14-8-5-11-22-12-14/h1-12,17,19-20,23-24H,(H,25,26). The van der Waals surface area contributed by atoms with Crippen molar-refractivity contribution in [1.82, 2.24) is 15.8 Å². The van der Waals surface area contributed by atoms with Gasteiger partial charge in [-0.1, -0.05) is 42.5 Å². The molecule has 2 aromatic carbocycles. The lowest BCUT2D eigenvalue weighted by Crippen LogP contribution is -2.50. The van der Waals surface area contributed by atoms with Crippen LogP contribution in [-0.2, 0) is 0 Å². The smallest absolute Gasteiger partial charge is 0.265 e. The van der Waals surface area contributed by atoms with Crippen molar-refractivity contribution >= 4 is 11.6 Å². The second-order valence-electron chi connectivity index (χ2n) is 6.69. The van der Waals surface area contributed by atoms with Crippen molar-refractivity contribution in [1.29, 1.82) is 0 Å². The number of aromatic nitrogens is 1. The third-order valence-electron chi connectivity index (χ3n) is 5.26. The molecular formula is C21H18N4O. The molecule has 3 N–H and O–H groups in total. The van der Waals surface area contributed by atoms with Gasteiger partial charge in [0.2, 0.25) is 0 Å². The Hall–Kier alpha value is -3.18. The summed E-state index contributed by atoms with van der Waals surface area (Å²) in [5.41, 5.74) is 11.2. The molecule has 0 saturated heterocycles. The van der Waals surface area contributed by atoms with Crippen molar-refractivity contribution in [2.24, 2.45) is 0 Å². The SMILES string of the molecule is O=C1NNC2c3c(cccc31)NC(c1cccnc1)C2c1ccccc1. The molecule has 1 aromatic heterocycles. The molecule has 0 fully saturated rings. The number of amides is 1. The van der Waals surface area contributed by atoms with E-state index in [1.54, 1.807) is 6.20 Å². The number of hydrazine groups is 1. The fourth-order valence-corrected chi connectivity index (χ4v) is 4.14. The van der Waals surface area contributed by atoms with Crippen molar-refractivity contribution < 1.29 is 4.79 Å². The van der Waals surface area contributed by atoms with Crippen LogP contribution in [0.15, 0.2) is 73.1 Å². The maximum Gasteiger partial charge on any atom is 0.265 e. The van der Waals surface area contributed by atoms with Crippen LogP contribution in [0.3, 0.4) is 0 Å². The summed E-state index contributed by atoms with van der Waals surface area (Å²) in [6.07, 6.45) is 3.69. The lowest BCUT2D eigenvalue weighted by Gasteiger charge is -2.44. The zero-order chi connectivity index (χ0) is 17.5. The second-order valence-corrected chi connectivity index (χ2v) is 6.69. The summed E-state index contributed by atoms with van der Waals surface area (Å²) in [4.78, 5) is 16.6. The first-order valence-corrected chi connectivity index (χ1v) is 8.73. The van der Waals surface area contributed by atoms with Crippen molar-refractivity contribution in [2.75, 3.05) is 5.32 Å². The first-order valence-electron chi connectivity index (χ1n) is 8.73. The highest BCUT2D eigenvalue weighted by molar-refractivity contribution is 5.98. The van der Waals surface area contributed by atoms with Crippen LogP contribution in [0.5, 0.6) is 0 Å². The third-order valence-corrected chi connectivity index (χ3v) is 5.26. The van der Waals surface area contributed by atoms with Crippen LogP contribution in [0.25, 0.3) is 0 Å². The van der Waals surface area contributed by atoms with Crippen LogP contribution in [0, 0.1) is 0 Å². The Morgan fingerprint density at radius 1 is 0.846 bits per heavy atom. The van der Waals surface area contributed by atoms with Crippen LogP contribution < -0.4 is 16.2 Å². The minimum atomic E-state index is -0.0912. The van der Waals surface area contributed by atoms with Gasteiger partial charge in [0.15, 0.2) is 0 Å². The van der Waals surface area contributed by atoms with E-state index in [-0.39, 0.29) is 23.9 Å². The molecule has 3 heterocycles. The lowest BCUT2D eigenvalue weighted by molar-refractivity contribution is 0.0899. The normalized spacial score (nSPS) is 23.5. The molecule has 0 bridgehead atoms. The number of nitrogens with one attached hydrogen (secondary N) is 3. The largest absolute Gasteiger partial charge is 0.377 e. The van der Waals surface area contributed by atoms with E-state index in [2.05, 4.69) is 51.5 Å². The highest BCUT2D eigenvalue weighted by Gasteiger charge is 2.42. The molecule has 3 aromatic rings. The van der Waals surface area contributed by atoms with Gasteiger partial charge in [-0.25, -0.2) is 5.43 Å². The molecule has 2 aliphatic rings. The zero-order valence-electron chi connectivity index (χ0n) is 14.0. The van der Waals surface area contributed by atoms with Crippen molar-refractivity contribution in [2.45, 2.75) is 18.0 Å².